The molecule has 0 saturated heterocycles. The largest absolute Gasteiger partial charge is 0.324 e. The molecule has 28 heavy (non-hydrogen) atoms. The van der Waals surface area contributed by atoms with E-state index in [2.05, 4.69) is 10.6 Å². The van der Waals surface area contributed by atoms with E-state index in [1.165, 1.54) is 6.92 Å². The van der Waals surface area contributed by atoms with E-state index in [4.69, 9.17) is 11.6 Å². The molecule has 1 amide bonds. The van der Waals surface area contributed by atoms with E-state index in [1.54, 1.807) is 24.3 Å². The zero-order valence-corrected chi connectivity index (χ0v) is 16.2. The molecule has 3 rings (SSSR count). The molecule has 0 aliphatic carbocycles. The van der Waals surface area contributed by atoms with Gasteiger partial charge in [0.25, 0.3) is 0 Å². The van der Waals surface area contributed by atoms with Gasteiger partial charge in [0, 0.05) is 22.8 Å². The first kappa shape index (κ1) is 19.8. The molecular weight excluding hydrogens is 372 g/mol. The third-order valence-corrected chi connectivity index (χ3v) is 4.75. The Hall–Kier alpha value is -2.95. The second kappa shape index (κ2) is 9.31. The monoisotopic (exact) mass is 392 g/mol. The maximum Gasteiger partial charge on any atom is 0.246 e. The van der Waals surface area contributed by atoms with Crippen molar-refractivity contribution < 1.29 is 9.59 Å². The molecule has 0 saturated carbocycles. The lowest BCUT2D eigenvalue weighted by atomic mass is 10.0. The minimum Gasteiger partial charge on any atom is -0.324 e. The summed E-state index contributed by atoms with van der Waals surface area (Å²) in [7, 11) is 0. The zero-order chi connectivity index (χ0) is 19.9. The van der Waals surface area contributed by atoms with Gasteiger partial charge in [-0.15, -0.1) is 0 Å². The standard InChI is InChI=1S/C23H21ClN2O2/c1-16(27)18-11-7-12-20(14-18)26-23(28)22(17-8-3-2-4-9-17)25-15-19-10-5-6-13-21(19)24/h2-14,22,25H,15H2,1H3,(H,26,28). The first-order valence-corrected chi connectivity index (χ1v) is 9.36. The normalized spacial score (nSPS) is 11.6. The second-order valence-electron chi connectivity index (χ2n) is 6.44. The summed E-state index contributed by atoms with van der Waals surface area (Å²) < 4.78 is 0. The van der Waals surface area contributed by atoms with Crippen molar-refractivity contribution in [3.63, 3.8) is 0 Å². The highest BCUT2D eigenvalue weighted by Crippen LogP contribution is 2.20. The van der Waals surface area contributed by atoms with E-state index in [0.29, 0.717) is 22.8 Å². The van der Waals surface area contributed by atoms with Crippen LogP contribution in [0.1, 0.15) is 34.5 Å². The summed E-state index contributed by atoms with van der Waals surface area (Å²) in [5.41, 5.74) is 2.89. The Morgan fingerprint density at radius 3 is 2.36 bits per heavy atom. The molecule has 1 unspecified atom stereocenters. The Balaban J connectivity index is 1.80. The molecule has 0 aromatic heterocycles. The number of carbonyl (C=O) groups is 2. The number of ketones is 1. The lowest BCUT2D eigenvalue weighted by molar-refractivity contribution is -0.118. The molecule has 0 fully saturated rings. The smallest absolute Gasteiger partial charge is 0.246 e. The van der Waals surface area contributed by atoms with Crippen molar-refractivity contribution in [1.29, 1.82) is 0 Å². The van der Waals surface area contributed by atoms with Crippen molar-refractivity contribution in [1.82, 2.24) is 5.32 Å². The summed E-state index contributed by atoms with van der Waals surface area (Å²) in [6.07, 6.45) is 0. The first-order chi connectivity index (χ1) is 13.5. The fraction of sp³-hybridized carbons (Fsp3) is 0.130. The van der Waals surface area contributed by atoms with E-state index in [-0.39, 0.29) is 11.7 Å². The van der Waals surface area contributed by atoms with Gasteiger partial charge in [0.1, 0.15) is 6.04 Å². The molecule has 0 heterocycles. The van der Waals surface area contributed by atoms with Crippen LogP contribution in [-0.2, 0) is 11.3 Å². The number of hydrogen-bond donors (Lipinski definition) is 2. The summed E-state index contributed by atoms with van der Waals surface area (Å²) >= 11 is 6.24. The van der Waals surface area contributed by atoms with Crippen LogP contribution in [0.25, 0.3) is 0 Å². The number of amides is 1. The van der Waals surface area contributed by atoms with Crippen molar-refractivity contribution in [2.24, 2.45) is 0 Å². The van der Waals surface area contributed by atoms with Crippen LogP contribution < -0.4 is 10.6 Å². The molecule has 5 heteroatoms. The van der Waals surface area contributed by atoms with Gasteiger partial charge in [-0.05, 0) is 36.2 Å². The minimum absolute atomic E-state index is 0.0486. The average molecular weight is 393 g/mol. The van der Waals surface area contributed by atoms with E-state index in [0.717, 1.165) is 11.1 Å². The molecule has 0 aliphatic heterocycles. The highest BCUT2D eigenvalue weighted by molar-refractivity contribution is 6.31. The molecule has 2 N–H and O–H groups in total. The molecule has 0 spiro atoms. The van der Waals surface area contributed by atoms with Crippen molar-refractivity contribution in [3.8, 4) is 0 Å². The van der Waals surface area contributed by atoms with Crippen LogP contribution in [0.5, 0.6) is 0 Å². The summed E-state index contributed by atoms with van der Waals surface area (Å²) in [6.45, 7) is 1.94. The van der Waals surface area contributed by atoms with Crippen LogP contribution in [0.15, 0.2) is 78.9 Å². The fourth-order valence-electron chi connectivity index (χ4n) is 2.89. The van der Waals surface area contributed by atoms with E-state index in [1.807, 2.05) is 54.6 Å². The van der Waals surface area contributed by atoms with E-state index >= 15 is 0 Å². The lowest BCUT2D eigenvalue weighted by Gasteiger charge is -2.19. The van der Waals surface area contributed by atoms with Crippen molar-refractivity contribution in [2.45, 2.75) is 19.5 Å². The molecule has 0 bridgehead atoms. The van der Waals surface area contributed by atoms with Gasteiger partial charge in [-0.3, -0.25) is 14.9 Å². The highest BCUT2D eigenvalue weighted by Gasteiger charge is 2.20. The van der Waals surface area contributed by atoms with E-state index in [9.17, 15) is 9.59 Å². The third kappa shape index (κ3) is 5.06. The van der Waals surface area contributed by atoms with Gasteiger partial charge in [-0.1, -0.05) is 72.3 Å². The first-order valence-electron chi connectivity index (χ1n) is 8.98. The summed E-state index contributed by atoms with van der Waals surface area (Å²) in [6, 6.07) is 23.4. The van der Waals surface area contributed by atoms with Crippen LogP contribution in [0.3, 0.4) is 0 Å². The van der Waals surface area contributed by atoms with Crippen molar-refractivity contribution in [2.75, 3.05) is 5.32 Å². The molecule has 3 aromatic carbocycles. The predicted octanol–water partition coefficient (Wildman–Crippen LogP) is 5.01. The zero-order valence-electron chi connectivity index (χ0n) is 15.5. The number of carbonyl (C=O) groups excluding carboxylic acids is 2. The summed E-state index contributed by atoms with van der Waals surface area (Å²) in [4.78, 5) is 24.6. The van der Waals surface area contributed by atoms with E-state index < -0.39 is 6.04 Å². The average Bonchev–Trinajstić information content (AvgIpc) is 2.70. The van der Waals surface area contributed by atoms with Gasteiger partial charge >= 0.3 is 0 Å². The highest BCUT2D eigenvalue weighted by atomic mass is 35.5. The maximum absolute atomic E-state index is 13.0. The number of Topliss-reactive ketones (excluding diaryl/α,β-unsaturated/α-hetero) is 1. The summed E-state index contributed by atoms with van der Waals surface area (Å²) in [5, 5.41) is 6.84. The minimum atomic E-state index is -0.571. The Bertz CT molecular complexity index is 973. The van der Waals surface area contributed by atoms with Gasteiger partial charge in [-0.25, -0.2) is 0 Å². The maximum atomic E-state index is 13.0. The summed E-state index contributed by atoms with van der Waals surface area (Å²) in [5.74, 6) is -0.258. The lowest BCUT2D eigenvalue weighted by Crippen LogP contribution is -2.32. The number of halogens is 1. The SMILES string of the molecule is CC(=O)c1cccc(NC(=O)C(NCc2ccccc2Cl)c2ccccc2)c1. The topological polar surface area (TPSA) is 58.2 Å². The third-order valence-electron chi connectivity index (χ3n) is 4.39. The number of nitrogens with one attached hydrogen (secondary N) is 2. The number of rotatable bonds is 7. The van der Waals surface area contributed by atoms with Gasteiger partial charge < -0.3 is 5.32 Å². The van der Waals surface area contributed by atoms with Gasteiger partial charge in [0.2, 0.25) is 5.91 Å². The molecule has 1 atom stereocenters. The Morgan fingerprint density at radius 1 is 0.929 bits per heavy atom. The molecule has 3 aromatic rings. The molecular formula is C23H21ClN2O2. The number of anilines is 1. The molecule has 0 radical (unpaired) electrons. The number of benzene rings is 3. The Morgan fingerprint density at radius 2 is 1.64 bits per heavy atom. The van der Waals surface area contributed by atoms with Crippen LogP contribution in [-0.4, -0.2) is 11.7 Å². The van der Waals surface area contributed by atoms with Crippen LogP contribution in [0, 0.1) is 0 Å². The molecule has 4 nitrogen and oxygen atoms in total. The van der Waals surface area contributed by atoms with Crippen LogP contribution in [0.4, 0.5) is 5.69 Å². The van der Waals surface area contributed by atoms with Gasteiger partial charge in [-0.2, -0.15) is 0 Å². The second-order valence-corrected chi connectivity index (χ2v) is 6.85. The molecule has 0 aliphatic rings. The van der Waals surface area contributed by atoms with Crippen molar-refractivity contribution >= 4 is 29.0 Å². The van der Waals surface area contributed by atoms with Crippen molar-refractivity contribution in [3.05, 3.63) is 101 Å². The Kier molecular flexibility index (Phi) is 6.58. The van der Waals surface area contributed by atoms with Gasteiger partial charge in [0.15, 0.2) is 5.78 Å². The fourth-order valence-corrected chi connectivity index (χ4v) is 3.09. The van der Waals surface area contributed by atoms with Crippen LogP contribution >= 0.6 is 11.6 Å². The number of hydrogen-bond acceptors (Lipinski definition) is 3. The Labute approximate surface area is 169 Å². The molecule has 142 valence electrons. The van der Waals surface area contributed by atoms with Crippen LogP contribution in [0.2, 0.25) is 5.02 Å². The van der Waals surface area contributed by atoms with Gasteiger partial charge in [0.05, 0.1) is 0 Å². The predicted molar refractivity (Wildman–Crippen MR) is 113 cm³/mol. The quantitative estimate of drug-likeness (QED) is 0.555.